The molecule has 0 aliphatic carbocycles. The molecule has 10 heteroatoms. The van der Waals surface area contributed by atoms with Crippen molar-refractivity contribution in [3.63, 3.8) is 0 Å². The highest BCUT2D eigenvalue weighted by molar-refractivity contribution is 7.89. The molecule has 0 aromatic heterocycles. The molecule has 0 radical (unpaired) electrons. The first-order chi connectivity index (χ1) is 15.3. The molecule has 2 aromatic carbocycles. The zero-order valence-electron chi connectivity index (χ0n) is 17.4. The Hall–Kier alpha value is -2.49. The van der Waals surface area contributed by atoms with Gasteiger partial charge in [0.25, 0.3) is 5.69 Å². The number of nitro benzene ring substituents is 1. The molecular weight excluding hydrogens is 454 g/mol. The van der Waals surface area contributed by atoms with Crippen molar-refractivity contribution in [1.29, 1.82) is 0 Å². The molecule has 170 valence electrons. The largest absolute Gasteiger partial charge is 0.335 e. The maximum absolute atomic E-state index is 13.2. The van der Waals surface area contributed by atoms with Gasteiger partial charge in [-0.15, -0.1) is 0 Å². The fraction of sp³-hybridized carbons (Fsp3) is 0.409. The van der Waals surface area contributed by atoms with Crippen LogP contribution in [0.25, 0.3) is 0 Å². The Morgan fingerprint density at radius 3 is 2.38 bits per heavy atom. The van der Waals surface area contributed by atoms with E-state index in [1.54, 1.807) is 0 Å². The SMILES string of the molecule is O=C(C1CCN(S(=O)(=O)c2cc([N+](=O)[O-])ccc2Cl)CC1)N1CCC[C@@H]1c1ccccc1. The lowest BCUT2D eigenvalue weighted by atomic mass is 9.95. The smallest absolute Gasteiger partial charge is 0.270 e. The number of non-ortho nitro benzene ring substituents is 1. The number of rotatable bonds is 5. The van der Waals surface area contributed by atoms with Crippen LogP contribution in [0.3, 0.4) is 0 Å². The van der Waals surface area contributed by atoms with E-state index in [1.807, 2.05) is 35.2 Å². The standard InChI is InChI=1S/C22H24ClN3O5S/c23-19-9-8-18(26(28)29)15-21(19)32(30,31)24-13-10-17(11-14-24)22(27)25-12-4-7-20(25)16-5-2-1-3-6-16/h1-3,5-6,8-9,15,17,20H,4,7,10-14H2/t20-/m1/s1. The van der Waals surface area contributed by atoms with Crippen LogP contribution in [0.1, 0.15) is 37.3 Å². The van der Waals surface area contributed by atoms with Gasteiger partial charge in [0.1, 0.15) is 4.90 Å². The van der Waals surface area contributed by atoms with Gasteiger partial charge in [-0.2, -0.15) is 4.31 Å². The number of hydrogen-bond donors (Lipinski definition) is 0. The van der Waals surface area contributed by atoms with E-state index in [-0.39, 0.29) is 46.6 Å². The van der Waals surface area contributed by atoms with Gasteiger partial charge in [-0.25, -0.2) is 8.42 Å². The third kappa shape index (κ3) is 4.37. The lowest BCUT2D eigenvalue weighted by Crippen LogP contribution is -2.44. The molecule has 1 atom stereocenters. The van der Waals surface area contributed by atoms with Crippen molar-refractivity contribution in [2.75, 3.05) is 19.6 Å². The Morgan fingerprint density at radius 2 is 1.72 bits per heavy atom. The lowest BCUT2D eigenvalue weighted by molar-refractivity contribution is -0.385. The summed E-state index contributed by atoms with van der Waals surface area (Å²) in [6.07, 6.45) is 2.68. The summed E-state index contributed by atoms with van der Waals surface area (Å²) in [6, 6.07) is 13.4. The predicted octanol–water partition coefficient (Wildman–Crippen LogP) is 4.01. The molecule has 0 unspecified atom stereocenters. The molecule has 2 heterocycles. The minimum Gasteiger partial charge on any atom is -0.335 e. The third-order valence-electron chi connectivity index (χ3n) is 6.27. The molecular formula is C22H24ClN3O5S. The monoisotopic (exact) mass is 477 g/mol. The molecule has 2 aliphatic heterocycles. The Morgan fingerprint density at radius 1 is 1.03 bits per heavy atom. The highest BCUT2D eigenvalue weighted by atomic mass is 35.5. The van der Waals surface area contributed by atoms with Gasteiger partial charge in [0.15, 0.2) is 0 Å². The van der Waals surface area contributed by atoms with Crippen molar-refractivity contribution in [1.82, 2.24) is 9.21 Å². The van der Waals surface area contributed by atoms with E-state index in [0.29, 0.717) is 19.4 Å². The van der Waals surface area contributed by atoms with E-state index in [4.69, 9.17) is 11.6 Å². The number of benzene rings is 2. The Bertz CT molecular complexity index is 1120. The summed E-state index contributed by atoms with van der Waals surface area (Å²) >= 11 is 6.05. The summed E-state index contributed by atoms with van der Waals surface area (Å²) in [5.41, 5.74) is 0.790. The van der Waals surface area contributed by atoms with Crippen LogP contribution in [0.15, 0.2) is 53.4 Å². The van der Waals surface area contributed by atoms with Gasteiger partial charge in [0.2, 0.25) is 15.9 Å². The second kappa shape index (κ2) is 9.17. The van der Waals surface area contributed by atoms with Crippen LogP contribution in [0.5, 0.6) is 0 Å². The zero-order chi connectivity index (χ0) is 22.9. The third-order valence-corrected chi connectivity index (χ3v) is 8.65. The molecule has 2 saturated heterocycles. The van der Waals surface area contributed by atoms with Gasteiger partial charge in [-0.1, -0.05) is 41.9 Å². The number of amides is 1. The predicted molar refractivity (Wildman–Crippen MR) is 120 cm³/mol. The van der Waals surface area contributed by atoms with Crippen molar-refractivity contribution in [3.8, 4) is 0 Å². The number of nitro groups is 1. The molecule has 4 rings (SSSR count). The Balaban J connectivity index is 1.45. The van der Waals surface area contributed by atoms with Gasteiger partial charge in [0, 0.05) is 37.7 Å². The summed E-state index contributed by atoms with van der Waals surface area (Å²) in [5, 5.41) is 11.0. The molecule has 2 aromatic rings. The van der Waals surface area contributed by atoms with Gasteiger partial charge >= 0.3 is 0 Å². The van der Waals surface area contributed by atoms with Crippen LogP contribution in [0, 0.1) is 16.0 Å². The van der Waals surface area contributed by atoms with Crippen LogP contribution >= 0.6 is 11.6 Å². The Labute approximate surface area is 192 Å². The van der Waals surface area contributed by atoms with E-state index >= 15 is 0 Å². The molecule has 2 fully saturated rings. The highest BCUT2D eigenvalue weighted by Crippen LogP contribution is 2.36. The first-order valence-corrected chi connectivity index (χ1v) is 12.4. The summed E-state index contributed by atoms with van der Waals surface area (Å²) in [7, 11) is -4.00. The number of piperidine rings is 1. The molecule has 0 spiro atoms. The van der Waals surface area contributed by atoms with E-state index in [0.717, 1.165) is 24.5 Å². The van der Waals surface area contributed by atoms with Crippen LogP contribution < -0.4 is 0 Å². The molecule has 32 heavy (non-hydrogen) atoms. The van der Waals surface area contributed by atoms with Gasteiger partial charge in [-0.3, -0.25) is 14.9 Å². The second-order valence-corrected chi connectivity index (χ2v) is 10.5. The Kier molecular flexibility index (Phi) is 6.50. The zero-order valence-corrected chi connectivity index (χ0v) is 19.0. The topological polar surface area (TPSA) is 101 Å². The first-order valence-electron chi connectivity index (χ1n) is 10.6. The van der Waals surface area contributed by atoms with E-state index in [2.05, 4.69) is 0 Å². The fourth-order valence-electron chi connectivity index (χ4n) is 4.57. The minimum atomic E-state index is -4.00. The number of likely N-dealkylation sites (tertiary alicyclic amines) is 1. The second-order valence-electron chi connectivity index (χ2n) is 8.15. The molecule has 0 saturated carbocycles. The minimum absolute atomic E-state index is 0.0587. The number of halogens is 1. The molecule has 8 nitrogen and oxygen atoms in total. The quantitative estimate of drug-likeness (QED) is 0.478. The summed E-state index contributed by atoms with van der Waals surface area (Å²) in [4.78, 5) is 25.3. The van der Waals surface area contributed by atoms with E-state index in [9.17, 15) is 23.3 Å². The van der Waals surface area contributed by atoms with Crippen LogP contribution in [0.2, 0.25) is 5.02 Å². The molecule has 2 aliphatic rings. The maximum atomic E-state index is 13.2. The maximum Gasteiger partial charge on any atom is 0.270 e. The lowest BCUT2D eigenvalue weighted by Gasteiger charge is -2.34. The number of carbonyl (C=O) groups is 1. The number of nitrogens with zero attached hydrogens (tertiary/aromatic N) is 3. The summed E-state index contributed by atoms with van der Waals surface area (Å²) < 4.78 is 27.4. The van der Waals surface area contributed by atoms with Crippen LogP contribution in [0.4, 0.5) is 5.69 Å². The molecule has 0 N–H and O–H groups in total. The number of hydrogen-bond acceptors (Lipinski definition) is 5. The van der Waals surface area contributed by atoms with Crippen LogP contribution in [-0.2, 0) is 14.8 Å². The van der Waals surface area contributed by atoms with Crippen molar-refractivity contribution < 1.29 is 18.1 Å². The van der Waals surface area contributed by atoms with Crippen molar-refractivity contribution >= 4 is 33.2 Å². The van der Waals surface area contributed by atoms with Crippen LogP contribution in [-0.4, -0.2) is 48.1 Å². The summed E-state index contributed by atoms with van der Waals surface area (Å²) in [5.74, 6) is -0.173. The fourth-order valence-corrected chi connectivity index (χ4v) is 6.54. The van der Waals surface area contributed by atoms with Crippen molar-refractivity contribution in [3.05, 3.63) is 69.2 Å². The van der Waals surface area contributed by atoms with E-state index < -0.39 is 14.9 Å². The average molecular weight is 478 g/mol. The average Bonchev–Trinajstić information content (AvgIpc) is 3.29. The summed E-state index contributed by atoms with van der Waals surface area (Å²) in [6.45, 7) is 1.05. The number of sulfonamides is 1. The van der Waals surface area contributed by atoms with Crippen molar-refractivity contribution in [2.24, 2.45) is 5.92 Å². The van der Waals surface area contributed by atoms with Gasteiger partial charge < -0.3 is 4.90 Å². The molecule has 1 amide bonds. The first kappa shape index (κ1) is 22.7. The normalized spacial score (nSPS) is 20.4. The van der Waals surface area contributed by atoms with E-state index in [1.165, 1.54) is 16.4 Å². The van der Waals surface area contributed by atoms with Gasteiger partial charge in [-0.05, 0) is 37.3 Å². The van der Waals surface area contributed by atoms with Crippen molar-refractivity contribution in [2.45, 2.75) is 36.6 Å². The highest BCUT2D eigenvalue weighted by Gasteiger charge is 2.38. The van der Waals surface area contributed by atoms with Gasteiger partial charge in [0.05, 0.1) is 16.0 Å². The molecule has 0 bridgehead atoms. The number of carbonyl (C=O) groups excluding carboxylic acids is 1.